The van der Waals surface area contributed by atoms with Gasteiger partial charge >= 0.3 is 0 Å². The molecule has 1 nitrogen and oxygen atoms in total. The Morgan fingerprint density at radius 2 is 1.25 bits per heavy atom. The molecule has 0 unspecified atom stereocenters. The van der Waals surface area contributed by atoms with Gasteiger partial charge in [-0.05, 0) is 30.0 Å². The van der Waals surface area contributed by atoms with Crippen molar-refractivity contribution in [1.29, 1.82) is 0 Å². The van der Waals surface area contributed by atoms with Gasteiger partial charge in [0, 0.05) is 18.0 Å². The molecular formula is C22H24NP. The smallest absolute Gasteiger partial charge is 0.0457 e. The van der Waals surface area contributed by atoms with Gasteiger partial charge in [0.2, 0.25) is 0 Å². The molecule has 24 heavy (non-hydrogen) atoms. The van der Waals surface area contributed by atoms with E-state index in [1.165, 1.54) is 27.2 Å². The number of benzene rings is 3. The van der Waals surface area contributed by atoms with Crippen molar-refractivity contribution in [3.05, 3.63) is 84.4 Å². The number of anilines is 1. The van der Waals surface area contributed by atoms with Crippen LogP contribution in [0.1, 0.15) is 25.3 Å². The lowest BCUT2D eigenvalue weighted by molar-refractivity contribution is 0.869. The van der Waals surface area contributed by atoms with Crippen LogP contribution in [0.25, 0.3) is 0 Å². The molecule has 0 amide bonds. The summed E-state index contributed by atoms with van der Waals surface area (Å²) in [4.78, 5) is 0. The zero-order valence-corrected chi connectivity index (χ0v) is 15.4. The summed E-state index contributed by atoms with van der Waals surface area (Å²) >= 11 is 0. The average Bonchev–Trinajstić information content (AvgIpc) is 2.63. The average molecular weight is 333 g/mol. The molecule has 0 spiro atoms. The molecule has 0 aromatic heterocycles. The second-order valence-electron chi connectivity index (χ2n) is 6.15. The SMILES string of the molecule is CNc1c(C(C)C)cccc1P(c1ccccc1)c1ccccc1. The second kappa shape index (κ2) is 7.64. The third-order valence-corrected chi connectivity index (χ3v) is 6.70. The quantitative estimate of drug-likeness (QED) is 0.672. The van der Waals surface area contributed by atoms with Gasteiger partial charge in [-0.15, -0.1) is 0 Å². The van der Waals surface area contributed by atoms with Crippen LogP contribution < -0.4 is 21.2 Å². The fraction of sp³-hybridized carbons (Fsp3) is 0.182. The molecule has 0 aliphatic rings. The third kappa shape index (κ3) is 3.37. The molecule has 2 heteroatoms. The Bertz CT molecular complexity index is 742. The molecule has 0 heterocycles. The highest BCUT2D eigenvalue weighted by atomic mass is 31.1. The molecule has 3 aromatic rings. The van der Waals surface area contributed by atoms with Crippen LogP contribution >= 0.6 is 7.92 Å². The van der Waals surface area contributed by atoms with Gasteiger partial charge in [0.25, 0.3) is 0 Å². The van der Waals surface area contributed by atoms with Crippen molar-refractivity contribution in [3.63, 3.8) is 0 Å². The van der Waals surface area contributed by atoms with Gasteiger partial charge in [-0.3, -0.25) is 0 Å². The number of para-hydroxylation sites is 1. The fourth-order valence-electron chi connectivity index (χ4n) is 3.08. The lowest BCUT2D eigenvalue weighted by Crippen LogP contribution is -2.23. The Kier molecular flexibility index (Phi) is 5.33. The maximum absolute atomic E-state index is 3.48. The molecule has 0 atom stereocenters. The highest BCUT2D eigenvalue weighted by molar-refractivity contribution is 7.80. The van der Waals surface area contributed by atoms with Crippen LogP contribution in [0.15, 0.2) is 78.9 Å². The van der Waals surface area contributed by atoms with E-state index in [1.807, 2.05) is 7.05 Å². The maximum Gasteiger partial charge on any atom is 0.0457 e. The van der Waals surface area contributed by atoms with Crippen molar-refractivity contribution >= 4 is 29.5 Å². The molecule has 0 saturated heterocycles. The van der Waals surface area contributed by atoms with E-state index < -0.39 is 7.92 Å². The summed E-state index contributed by atoms with van der Waals surface area (Å²) in [5.41, 5.74) is 2.67. The minimum Gasteiger partial charge on any atom is -0.387 e. The highest BCUT2D eigenvalue weighted by Gasteiger charge is 2.21. The van der Waals surface area contributed by atoms with Gasteiger partial charge in [-0.2, -0.15) is 0 Å². The minimum atomic E-state index is -0.576. The Hall–Kier alpha value is -2.11. The van der Waals surface area contributed by atoms with E-state index in [2.05, 4.69) is 98.0 Å². The molecule has 0 bridgehead atoms. The van der Waals surface area contributed by atoms with Crippen LogP contribution in [0.4, 0.5) is 5.69 Å². The van der Waals surface area contributed by atoms with E-state index in [1.54, 1.807) is 0 Å². The van der Waals surface area contributed by atoms with Crippen molar-refractivity contribution in [2.45, 2.75) is 19.8 Å². The predicted octanol–water partition coefficient (Wildman–Crippen LogP) is 4.61. The van der Waals surface area contributed by atoms with Crippen LogP contribution in [-0.2, 0) is 0 Å². The first kappa shape index (κ1) is 16.7. The standard InChI is InChI=1S/C22H24NP/c1-17(2)20-15-10-16-21(22(20)23-3)24(18-11-6-4-7-12-18)19-13-8-5-9-14-19/h4-17,23H,1-3H3. The molecule has 3 aromatic carbocycles. The molecule has 1 N–H and O–H groups in total. The largest absolute Gasteiger partial charge is 0.387 e. The fourth-order valence-corrected chi connectivity index (χ4v) is 5.57. The van der Waals surface area contributed by atoms with Crippen LogP contribution in [-0.4, -0.2) is 7.05 Å². The molecule has 0 aliphatic heterocycles. The van der Waals surface area contributed by atoms with Gasteiger partial charge < -0.3 is 5.32 Å². The Morgan fingerprint density at radius 1 is 0.708 bits per heavy atom. The second-order valence-corrected chi connectivity index (χ2v) is 8.34. The summed E-state index contributed by atoms with van der Waals surface area (Å²) in [5, 5.41) is 7.65. The lowest BCUT2D eigenvalue weighted by atomic mass is 10.0. The van der Waals surface area contributed by atoms with E-state index in [0.717, 1.165) is 0 Å². The van der Waals surface area contributed by atoms with E-state index in [-0.39, 0.29) is 0 Å². The zero-order chi connectivity index (χ0) is 16.9. The zero-order valence-electron chi connectivity index (χ0n) is 14.5. The van der Waals surface area contributed by atoms with Gasteiger partial charge in [0.1, 0.15) is 0 Å². The van der Waals surface area contributed by atoms with Crippen LogP contribution in [0.5, 0.6) is 0 Å². The Balaban J connectivity index is 2.22. The van der Waals surface area contributed by atoms with E-state index in [9.17, 15) is 0 Å². The van der Waals surface area contributed by atoms with E-state index in [4.69, 9.17) is 0 Å². The van der Waals surface area contributed by atoms with Crippen molar-refractivity contribution in [2.24, 2.45) is 0 Å². The molecular weight excluding hydrogens is 309 g/mol. The molecule has 3 rings (SSSR count). The first-order valence-corrected chi connectivity index (χ1v) is 9.77. The third-order valence-electron chi connectivity index (χ3n) is 4.22. The highest BCUT2D eigenvalue weighted by Crippen LogP contribution is 2.38. The topological polar surface area (TPSA) is 12.0 Å². The van der Waals surface area contributed by atoms with E-state index in [0.29, 0.717) is 5.92 Å². The predicted molar refractivity (Wildman–Crippen MR) is 109 cm³/mol. The summed E-state index contributed by atoms with van der Waals surface area (Å²) in [5.74, 6) is 0.496. The van der Waals surface area contributed by atoms with Crippen molar-refractivity contribution < 1.29 is 0 Å². The van der Waals surface area contributed by atoms with Crippen LogP contribution in [0.3, 0.4) is 0 Å². The normalized spacial score (nSPS) is 11.0. The monoisotopic (exact) mass is 333 g/mol. The first-order chi connectivity index (χ1) is 11.7. The van der Waals surface area contributed by atoms with Gasteiger partial charge in [-0.1, -0.05) is 92.7 Å². The van der Waals surface area contributed by atoms with Gasteiger partial charge in [0.15, 0.2) is 0 Å². The summed E-state index contributed by atoms with van der Waals surface area (Å²) in [6, 6.07) is 28.5. The van der Waals surface area contributed by atoms with Gasteiger partial charge in [-0.25, -0.2) is 0 Å². The first-order valence-electron chi connectivity index (χ1n) is 8.43. The summed E-state index contributed by atoms with van der Waals surface area (Å²) in [7, 11) is 1.46. The molecule has 0 fully saturated rings. The number of nitrogens with one attached hydrogen (secondary N) is 1. The summed E-state index contributed by atoms with van der Waals surface area (Å²) < 4.78 is 0. The maximum atomic E-state index is 3.48. The number of rotatable bonds is 5. The lowest BCUT2D eigenvalue weighted by Gasteiger charge is -2.25. The van der Waals surface area contributed by atoms with Crippen molar-refractivity contribution in [2.75, 3.05) is 12.4 Å². The van der Waals surface area contributed by atoms with Crippen molar-refractivity contribution in [3.8, 4) is 0 Å². The molecule has 122 valence electrons. The molecule has 0 saturated carbocycles. The van der Waals surface area contributed by atoms with Crippen molar-refractivity contribution in [1.82, 2.24) is 0 Å². The Morgan fingerprint density at radius 3 is 1.71 bits per heavy atom. The van der Waals surface area contributed by atoms with Gasteiger partial charge in [0.05, 0.1) is 0 Å². The number of hydrogen-bond donors (Lipinski definition) is 1. The number of hydrogen-bond acceptors (Lipinski definition) is 1. The minimum absolute atomic E-state index is 0.496. The summed E-state index contributed by atoms with van der Waals surface area (Å²) in [6.07, 6.45) is 0. The Labute approximate surface area is 146 Å². The van der Waals surface area contributed by atoms with Crippen LogP contribution in [0.2, 0.25) is 0 Å². The molecule has 0 aliphatic carbocycles. The summed E-state index contributed by atoms with van der Waals surface area (Å²) in [6.45, 7) is 4.51. The van der Waals surface area contributed by atoms with Crippen LogP contribution in [0, 0.1) is 0 Å². The molecule has 0 radical (unpaired) electrons. The van der Waals surface area contributed by atoms with E-state index >= 15 is 0 Å².